The molecule has 7 heteroatoms. The zero-order valence-electron chi connectivity index (χ0n) is 17.9. The van der Waals surface area contributed by atoms with Gasteiger partial charge in [-0.3, -0.25) is 4.79 Å². The fourth-order valence-corrected chi connectivity index (χ4v) is 3.81. The van der Waals surface area contributed by atoms with E-state index in [0.29, 0.717) is 28.1 Å². The first kappa shape index (κ1) is 21.6. The van der Waals surface area contributed by atoms with Crippen LogP contribution in [-0.4, -0.2) is 24.1 Å². The van der Waals surface area contributed by atoms with Crippen molar-refractivity contribution < 1.29 is 14.3 Å². The van der Waals surface area contributed by atoms with E-state index in [1.165, 1.54) is 0 Å². The largest absolute Gasteiger partial charge is 0.491 e. The van der Waals surface area contributed by atoms with Crippen molar-refractivity contribution in [2.75, 3.05) is 11.5 Å². The second kappa shape index (κ2) is 8.86. The predicted molar refractivity (Wildman–Crippen MR) is 121 cm³/mol. The van der Waals surface area contributed by atoms with Crippen molar-refractivity contribution in [1.82, 2.24) is 5.32 Å². The molecule has 1 fully saturated rings. The van der Waals surface area contributed by atoms with E-state index >= 15 is 0 Å². The number of ether oxygens (including phenoxy) is 1. The van der Waals surface area contributed by atoms with E-state index in [0.717, 1.165) is 10.5 Å². The molecule has 1 unspecified atom stereocenters. The summed E-state index contributed by atoms with van der Waals surface area (Å²) in [5.41, 5.74) is 1.58. The third-order valence-electron chi connectivity index (χ3n) is 5.57. The average Bonchev–Trinajstić information content (AvgIpc) is 3.07. The molecule has 162 valence electrons. The lowest BCUT2D eigenvalue weighted by atomic mass is 9.91. The topological polar surface area (TPSA) is 106 Å². The molecule has 1 N–H and O–H groups in total. The Labute approximate surface area is 191 Å². The molecular weight excluding hydrogens is 416 g/mol. The smallest absolute Gasteiger partial charge is 0.329 e. The van der Waals surface area contributed by atoms with E-state index in [2.05, 4.69) is 11.4 Å². The van der Waals surface area contributed by atoms with Gasteiger partial charge in [0.2, 0.25) is 0 Å². The maximum absolute atomic E-state index is 13.7. The van der Waals surface area contributed by atoms with Crippen molar-refractivity contribution in [2.24, 2.45) is 0 Å². The van der Waals surface area contributed by atoms with Crippen molar-refractivity contribution in [1.29, 1.82) is 10.5 Å². The van der Waals surface area contributed by atoms with Gasteiger partial charge in [-0.1, -0.05) is 30.3 Å². The normalized spacial score (nSPS) is 17.2. The van der Waals surface area contributed by atoms with Crippen LogP contribution < -0.4 is 15.0 Å². The number of rotatable bonds is 6. The number of hydrogen-bond donors (Lipinski definition) is 1. The van der Waals surface area contributed by atoms with E-state index in [4.69, 9.17) is 10.00 Å². The van der Waals surface area contributed by atoms with Crippen molar-refractivity contribution >= 4 is 17.6 Å². The summed E-state index contributed by atoms with van der Waals surface area (Å²) in [5, 5.41) is 21.0. The van der Waals surface area contributed by atoms with Crippen LogP contribution in [0, 0.1) is 29.6 Å². The van der Waals surface area contributed by atoms with E-state index in [9.17, 15) is 14.9 Å². The van der Waals surface area contributed by atoms with E-state index in [1.54, 1.807) is 49.4 Å². The molecule has 1 aliphatic heterocycles. The molecule has 1 heterocycles. The number of benzene rings is 3. The average molecular weight is 436 g/mol. The van der Waals surface area contributed by atoms with Crippen LogP contribution in [0.2, 0.25) is 0 Å². The fourth-order valence-electron chi connectivity index (χ4n) is 3.81. The van der Waals surface area contributed by atoms with Gasteiger partial charge in [-0.25, -0.2) is 9.69 Å². The highest BCUT2D eigenvalue weighted by atomic mass is 16.5. The van der Waals surface area contributed by atoms with Crippen LogP contribution >= 0.6 is 0 Å². The van der Waals surface area contributed by atoms with Crippen LogP contribution in [0.15, 0.2) is 72.8 Å². The van der Waals surface area contributed by atoms with Crippen LogP contribution in [0.1, 0.15) is 22.3 Å². The number of nitriles is 2. The lowest BCUT2D eigenvalue weighted by Crippen LogP contribution is -2.53. The predicted octanol–water partition coefficient (Wildman–Crippen LogP) is 3.86. The summed E-state index contributed by atoms with van der Waals surface area (Å²) in [4.78, 5) is 27.8. The third-order valence-corrected chi connectivity index (χ3v) is 5.57. The minimum absolute atomic E-state index is 0.0931. The zero-order valence-corrected chi connectivity index (χ0v) is 17.9. The Morgan fingerprint density at radius 2 is 1.70 bits per heavy atom. The number of carbonyl (C=O) groups excluding carboxylic acids is 2. The van der Waals surface area contributed by atoms with Gasteiger partial charge >= 0.3 is 6.03 Å². The highest BCUT2D eigenvalue weighted by molar-refractivity contribution is 6.23. The summed E-state index contributed by atoms with van der Waals surface area (Å²) in [6, 6.07) is 24.4. The van der Waals surface area contributed by atoms with Gasteiger partial charge in [-0.2, -0.15) is 10.5 Å². The van der Waals surface area contributed by atoms with Gasteiger partial charge in [0, 0.05) is 6.42 Å². The number of amides is 3. The number of imide groups is 1. The van der Waals surface area contributed by atoms with E-state index < -0.39 is 17.5 Å². The first-order valence-electron chi connectivity index (χ1n) is 10.3. The Morgan fingerprint density at radius 3 is 2.33 bits per heavy atom. The van der Waals surface area contributed by atoms with Crippen molar-refractivity contribution in [2.45, 2.75) is 18.9 Å². The number of anilines is 1. The molecule has 7 nitrogen and oxygen atoms in total. The highest BCUT2D eigenvalue weighted by Crippen LogP contribution is 2.30. The Hall–Kier alpha value is -4.62. The molecule has 0 bridgehead atoms. The second-order valence-electron chi connectivity index (χ2n) is 7.85. The van der Waals surface area contributed by atoms with E-state index in [-0.39, 0.29) is 13.0 Å². The molecule has 0 saturated carbocycles. The molecule has 0 radical (unpaired) electrons. The van der Waals surface area contributed by atoms with Crippen LogP contribution in [0.5, 0.6) is 5.75 Å². The summed E-state index contributed by atoms with van der Waals surface area (Å²) >= 11 is 0. The summed E-state index contributed by atoms with van der Waals surface area (Å²) in [7, 11) is 0. The molecule has 1 saturated heterocycles. The highest BCUT2D eigenvalue weighted by Gasteiger charge is 2.52. The van der Waals surface area contributed by atoms with Gasteiger partial charge in [-0.05, 0) is 60.5 Å². The molecule has 4 rings (SSSR count). The van der Waals surface area contributed by atoms with Gasteiger partial charge in [0.15, 0.2) is 5.54 Å². The molecule has 3 aromatic rings. The fraction of sp³-hybridized carbons (Fsp3) is 0.154. The van der Waals surface area contributed by atoms with E-state index in [1.807, 2.05) is 36.4 Å². The van der Waals surface area contributed by atoms with Crippen molar-refractivity contribution in [3.63, 3.8) is 0 Å². The number of carbonyl (C=O) groups is 2. The Bertz CT molecular complexity index is 1290. The third kappa shape index (κ3) is 4.26. The summed E-state index contributed by atoms with van der Waals surface area (Å²) in [6.07, 6.45) is 0.237. The lowest BCUT2D eigenvalue weighted by molar-refractivity contribution is -0.123. The van der Waals surface area contributed by atoms with Crippen LogP contribution in [0.25, 0.3) is 0 Å². The van der Waals surface area contributed by atoms with Gasteiger partial charge in [0.1, 0.15) is 12.4 Å². The van der Waals surface area contributed by atoms with Crippen LogP contribution in [0.4, 0.5) is 10.5 Å². The van der Waals surface area contributed by atoms with Gasteiger partial charge in [0.25, 0.3) is 5.91 Å². The summed E-state index contributed by atoms with van der Waals surface area (Å²) in [5.74, 6) is 0.0465. The van der Waals surface area contributed by atoms with Crippen molar-refractivity contribution in [3.05, 3.63) is 95.1 Å². The van der Waals surface area contributed by atoms with Crippen molar-refractivity contribution in [3.8, 4) is 17.9 Å². The lowest BCUT2D eigenvalue weighted by Gasteiger charge is -2.27. The number of hydrogen-bond acceptors (Lipinski definition) is 5. The monoisotopic (exact) mass is 436 g/mol. The Morgan fingerprint density at radius 1 is 0.970 bits per heavy atom. The first-order valence-corrected chi connectivity index (χ1v) is 10.3. The molecule has 3 aromatic carbocycles. The minimum atomic E-state index is -1.33. The molecule has 3 amide bonds. The minimum Gasteiger partial charge on any atom is -0.491 e. The maximum Gasteiger partial charge on any atom is 0.329 e. The second-order valence-corrected chi connectivity index (χ2v) is 7.85. The number of aryl methyl sites for hydroxylation is 1. The molecular formula is C26H20N4O3. The first-order chi connectivity index (χ1) is 16.0. The molecule has 1 aliphatic rings. The number of nitrogens with zero attached hydrogens (tertiary/aromatic N) is 3. The quantitative estimate of drug-likeness (QED) is 0.591. The summed E-state index contributed by atoms with van der Waals surface area (Å²) < 4.78 is 5.91. The van der Waals surface area contributed by atoms with Crippen LogP contribution in [-0.2, 0) is 11.2 Å². The molecule has 0 aliphatic carbocycles. The van der Waals surface area contributed by atoms with Gasteiger partial charge in [-0.15, -0.1) is 0 Å². The molecule has 0 spiro atoms. The Kier molecular flexibility index (Phi) is 5.80. The maximum atomic E-state index is 13.7. The van der Waals surface area contributed by atoms with Gasteiger partial charge in [0.05, 0.1) is 29.0 Å². The summed E-state index contributed by atoms with van der Waals surface area (Å²) in [6.45, 7) is 1.66. The van der Waals surface area contributed by atoms with Crippen LogP contribution in [0.3, 0.4) is 0 Å². The zero-order chi connectivity index (χ0) is 23.4. The van der Waals surface area contributed by atoms with Gasteiger partial charge < -0.3 is 10.1 Å². The number of urea groups is 1. The number of nitrogens with one attached hydrogen (secondary N) is 1. The molecule has 33 heavy (non-hydrogen) atoms. The Balaban J connectivity index is 1.67. The SMILES string of the molecule is Cc1cc(N2C(=O)NC(COc3ccc(C#N)cc3)(Cc3ccccc3)C2=O)ccc1C#N. The standard InChI is InChI=1S/C26H20N4O3/c1-18-13-22(10-9-21(18)16-28)30-24(31)26(29-25(30)32,14-19-5-3-2-4-6-19)17-33-23-11-7-20(15-27)8-12-23/h2-13H,14,17H2,1H3,(H,29,32). The molecule has 1 atom stereocenters. The molecule has 0 aromatic heterocycles.